The van der Waals surface area contributed by atoms with Crippen LogP contribution >= 0.6 is 22.9 Å². The smallest absolute Gasteiger partial charge is 0.190 e. The van der Waals surface area contributed by atoms with E-state index in [1.54, 1.807) is 0 Å². The molecule has 0 atom stereocenters. The maximum atomic E-state index is 12.6. The van der Waals surface area contributed by atoms with Crippen LogP contribution in [0.1, 0.15) is 30.1 Å². The van der Waals surface area contributed by atoms with Gasteiger partial charge >= 0.3 is 0 Å². The van der Waals surface area contributed by atoms with E-state index >= 15 is 0 Å². The molecule has 0 aliphatic carbocycles. The SMILES string of the molecule is O=S1(=O)CCn2c(nnc2C2CCN(CCc3ccc(Cl)cc3)CC2)-c2ccsc21. The van der Waals surface area contributed by atoms with Crippen molar-refractivity contribution in [2.24, 2.45) is 0 Å². The maximum absolute atomic E-state index is 12.6. The van der Waals surface area contributed by atoms with E-state index in [0.717, 1.165) is 49.7 Å². The monoisotopic (exact) mass is 462 g/mol. The summed E-state index contributed by atoms with van der Waals surface area (Å²) in [6, 6.07) is 9.92. The third-order valence-electron chi connectivity index (χ3n) is 6.10. The minimum Gasteiger partial charge on any atom is -0.310 e. The Morgan fingerprint density at radius 3 is 2.60 bits per heavy atom. The number of fused-ring (bicyclic) bond motifs is 3. The van der Waals surface area contributed by atoms with Crippen LogP contribution in [-0.2, 0) is 22.8 Å². The molecule has 4 heterocycles. The molecule has 1 saturated heterocycles. The lowest BCUT2D eigenvalue weighted by Crippen LogP contribution is -2.35. The fourth-order valence-electron chi connectivity index (χ4n) is 4.40. The first kappa shape index (κ1) is 20.2. The lowest BCUT2D eigenvalue weighted by Gasteiger charge is -2.31. The zero-order valence-corrected chi connectivity index (χ0v) is 18.9. The van der Waals surface area contributed by atoms with Crippen LogP contribution in [0.5, 0.6) is 0 Å². The summed E-state index contributed by atoms with van der Waals surface area (Å²) < 4.78 is 27.7. The predicted molar refractivity (Wildman–Crippen MR) is 119 cm³/mol. The molecule has 0 spiro atoms. The van der Waals surface area contributed by atoms with Crippen LogP contribution in [-0.4, -0.2) is 53.5 Å². The van der Waals surface area contributed by atoms with Crippen LogP contribution < -0.4 is 0 Å². The Kier molecular flexibility index (Phi) is 5.43. The van der Waals surface area contributed by atoms with Gasteiger partial charge in [0, 0.05) is 29.6 Å². The number of aromatic nitrogens is 3. The van der Waals surface area contributed by atoms with Gasteiger partial charge in [-0.3, -0.25) is 0 Å². The van der Waals surface area contributed by atoms with Crippen molar-refractivity contribution in [2.75, 3.05) is 25.4 Å². The third-order valence-corrected chi connectivity index (χ3v) is 9.61. The number of hydrogen-bond donors (Lipinski definition) is 0. The van der Waals surface area contributed by atoms with E-state index < -0.39 is 9.84 Å². The Labute approximate surface area is 185 Å². The summed E-state index contributed by atoms with van der Waals surface area (Å²) in [4.78, 5) is 2.49. The molecule has 2 aromatic heterocycles. The standard InChI is InChI=1S/C21H23ClN4O2S2/c22-17-3-1-15(2-4-17)5-9-25-10-6-16(7-11-25)19-23-24-20-18-8-13-29-21(18)30(27,28)14-12-26(19)20/h1-4,8,13,16H,5-7,9-12,14H2. The van der Waals surface area contributed by atoms with Crippen LogP contribution in [0.25, 0.3) is 11.4 Å². The Bertz CT molecular complexity index is 1150. The number of likely N-dealkylation sites (tertiary alicyclic amines) is 1. The number of thiophene rings is 1. The molecule has 0 amide bonds. The van der Waals surface area contributed by atoms with E-state index in [-0.39, 0.29) is 5.75 Å². The topological polar surface area (TPSA) is 68.1 Å². The quantitative estimate of drug-likeness (QED) is 0.588. The van der Waals surface area contributed by atoms with E-state index in [2.05, 4.69) is 27.2 Å². The van der Waals surface area contributed by atoms with Gasteiger partial charge in [0.15, 0.2) is 15.7 Å². The van der Waals surface area contributed by atoms with Crippen LogP contribution in [0.2, 0.25) is 5.02 Å². The highest BCUT2D eigenvalue weighted by Crippen LogP contribution is 2.37. The second kappa shape index (κ2) is 8.07. The van der Waals surface area contributed by atoms with Gasteiger partial charge in [-0.15, -0.1) is 21.5 Å². The van der Waals surface area contributed by atoms with Gasteiger partial charge in [-0.1, -0.05) is 23.7 Å². The van der Waals surface area contributed by atoms with Gasteiger partial charge in [0.1, 0.15) is 10.0 Å². The summed E-state index contributed by atoms with van der Waals surface area (Å²) in [7, 11) is -3.25. The summed E-state index contributed by atoms with van der Waals surface area (Å²) in [5.74, 6) is 2.07. The maximum Gasteiger partial charge on any atom is 0.190 e. The first-order valence-corrected chi connectivity index (χ1v) is 13.1. The molecule has 6 nitrogen and oxygen atoms in total. The second-order valence-electron chi connectivity index (χ2n) is 7.97. The highest BCUT2D eigenvalue weighted by atomic mass is 35.5. The van der Waals surface area contributed by atoms with Crippen molar-refractivity contribution >= 4 is 32.8 Å². The Hall–Kier alpha value is -1.74. The third kappa shape index (κ3) is 3.82. The Balaban J connectivity index is 1.27. The molecule has 2 aliphatic rings. The molecule has 5 rings (SSSR count). The van der Waals surface area contributed by atoms with Gasteiger partial charge in [0.2, 0.25) is 0 Å². The summed E-state index contributed by atoms with van der Waals surface area (Å²) >= 11 is 7.24. The molecular weight excluding hydrogens is 440 g/mol. The number of piperidine rings is 1. The lowest BCUT2D eigenvalue weighted by atomic mass is 9.95. The van der Waals surface area contributed by atoms with Crippen molar-refractivity contribution < 1.29 is 8.42 Å². The molecule has 0 N–H and O–H groups in total. The van der Waals surface area contributed by atoms with E-state index in [1.165, 1.54) is 16.9 Å². The van der Waals surface area contributed by atoms with Crippen LogP contribution in [0, 0.1) is 0 Å². The molecule has 1 aromatic carbocycles. The molecule has 0 radical (unpaired) electrons. The van der Waals surface area contributed by atoms with Crippen molar-refractivity contribution in [3.63, 3.8) is 0 Å². The summed E-state index contributed by atoms with van der Waals surface area (Å²) in [5.41, 5.74) is 2.01. The van der Waals surface area contributed by atoms with Crippen molar-refractivity contribution in [3.8, 4) is 11.4 Å². The molecule has 9 heteroatoms. The van der Waals surface area contributed by atoms with Gasteiger partial charge < -0.3 is 9.47 Å². The fraction of sp³-hybridized carbons (Fsp3) is 0.429. The van der Waals surface area contributed by atoms with Crippen molar-refractivity contribution in [1.29, 1.82) is 0 Å². The Morgan fingerprint density at radius 1 is 1.07 bits per heavy atom. The molecule has 3 aromatic rings. The first-order chi connectivity index (χ1) is 14.5. The lowest BCUT2D eigenvalue weighted by molar-refractivity contribution is 0.210. The van der Waals surface area contributed by atoms with Crippen LogP contribution in [0.4, 0.5) is 0 Å². The Morgan fingerprint density at radius 2 is 1.83 bits per heavy atom. The largest absolute Gasteiger partial charge is 0.310 e. The van der Waals surface area contributed by atoms with E-state index in [9.17, 15) is 8.42 Å². The first-order valence-electron chi connectivity index (χ1n) is 10.2. The number of halogens is 1. The molecule has 1 fully saturated rings. The average molecular weight is 463 g/mol. The summed E-state index contributed by atoms with van der Waals surface area (Å²) in [6.07, 6.45) is 3.05. The van der Waals surface area contributed by atoms with Crippen molar-refractivity contribution in [3.05, 3.63) is 52.1 Å². The molecule has 0 saturated carbocycles. The predicted octanol–water partition coefficient (Wildman–Crippen LogP) is 3.87. The number of nitrogens with zero attached hydrogens (tertiary/aromatic N) is 4. The molecule has 0 bridgehead atoms. The van der Waals surface area contributed by atoms with Gasteiger partial charge in [0.25, 0.3) is 0 Å². The molecule has 0 unspecified atom stereocenters. The second-order valence-corrected chi connectivity index (χ2v) is 11.6. The molecule has 30 heavy (non-hydrogen) atoms. The van der Waals surface area contributed by atoms with Crippen molar-refractivity contribution in [2.45, 2.75) is 35.9 Å². The average Bonchev–Trinajstić information content (AvgIpc) is 3.38. The van der Waals surface area contributed by atoms with E-state index in [4.69, 9.17) is 11.6 Å². The fourth-order valence-corrected chi connectivity index (χ4v) is 7.24. The van der Waals surface area contributed by atoms with Gasteiger partial charge in [0.05, 0.1) is 5.75 Å². The number of benzene rings is 1. The highest BCUT2D eigenvalue weighted by Gasteiger charge is 2.32. The van der Waals surface area contributed by atoms with Crippen molar-refractivity contribution in [1.82, 2.24) is 19.7 Å². The highest BCUT2D eigenvalue weighted by molar-refractivity contribution is 7.93. The number of hydrogen-bond acceptors (Lipinski definition) is 6. The zero-order chi connectivity index (χ0) is 20.7. The minimum absolute atomic E-state index is 0.110. The van der Waals surface area contributed by atoms with Gasteiger partial charge in [-0.05, 0) is 61.5 Å². The van der Waals surface area contributed by atoms with Gasteiger partial charge in [-0.2, -0.15) is 0 Å². The van der Waals surface area contributed by atoms with Gasteiger partial charge in [-0.25, -0.2) is 8.42 Å². The summed E-state index contributed by atoms with van der Waals surface area (Å²) in [5, 5.41) is 11.5. The molecule has 2 aliphatic heterocycles. The molecular formula is C21H23ClN4O2S2. The minimum atomic E-state index is -3.25. The number of rotatable bonds is 4. The normalized spacial score (nSPS) is 19.2. The van der Waals surface area contributed by atoms with E-state index in [0.29, 0.717) is 28.1 Å². The zero-order valence-electron chi connectivity index (χ0n) is 16.5. The van der Waals surface area contributed by atoms with E-state index in [1.807, 2.05) is 28.1 Å². The number of sulfone groups is 1. The molecule has 158 valence electrons. The summed E-state index contributed by atoms with van der Waals surface area (Å²) in [6.45, 7) is 3.49. The van der Waals surface area contributed by atoms with Crippen LogP contribution in [0.15, 0.2) is 39.9 Å². The van der Waals surface area contributed by atoms with Crippen LogP contribution in [0.3, 0.4) is 0 Å².